The van der Waals surface area contributed by atoms with E-state index in [2.05, 4.69) is 10.0 Å². The molecule has 3 aromatic rings. The fraction of sp³-hybridized carbons (Fsp3) is 0.0526. The first kappa shape index (κ1) is 22.2. The van der Waals surface area contributed by atoms with Crippen LogP contribution in [0.4, 0.5) is 17.1 Å². The summed E-state index contributed by atoms with van der Waals surface area (Å²) in [6, 6.07) is 17.4. The highest BCUT2D eigenvalue weighted by atomic mass is 32.2. The van der Waals surface area contributed by atoms with Crippen molar-refractivity contribution in [3.05, 3.63) is 88.5 Å². The van der Waals surface area contributed by atoms with Gasteiger partial charge in [0.15, 0.2) is 0 Å². The van der Waals surface area contributed by atoms with Crippen molar-refractivity contribution < 1.29 is 26.3 Å². The van der Waals surface area contributed by atoms with Gasteiger partial charge in [-0.25, -0.2) is 0 Å². The summed E-state index contributed by atoms with van der Waals surface area (Å²) in [7, 11) is -4.25. The summed E-state index contributed by atoms with van der Waals surface area (Å²) in [4.78, 5) is 10.3. The van der Waals surface area contributed by atoms with Crippen molar-refractivity contribution in [2.75, 3.05) is 10.0 Å². The number of benzene rings is 3. The topological polar surface area (TPSA) is 151 Å². The quantitative estimate of drug-likeness (QED) is 0.213. The average Bonchev–Trinajstić information content (AvgIpc) is 2.73. The summed E-state index contributed by atoms with van der Waals surface area (Å²) < 4.78 is 54.2. The molecular weight excluding hydrogens is 446 g/mol. The van der Waals surface area contributed by atoms with E-state index in [1.54, 1.807) is 30.3 Å². The average molecular weight is 462 g/mol. The summed E-state index contributed by atoms with van der Waals surface area (Å²) in [6.07, 6.45) is 0. The van der Waals surface area contributed by atoms with Gasteiger partial charge in [-0.1, -0.05) is 18.2 Å². The van der Waals surface area contributed by atoms with Crippen LogP contribution in [0.25, 0.3) is 0 Å². The van der Waals surface area contributed by atoms with Gasteiger partial charge in [-0.05, 0) is 42.5 Å². The summed E-state index contributed by atoms with van der Waals surface area (Å²) >= 11 is -2.46. The van der Waals surface area contributed by atoms with Crippen molar-refractivity contribution >= 4 is 38.4 Å². The Bertz CT molecular complexity index is 1200. The highest BCUT2D eigenvalue weighted by Crippen LogP contribution is 2.26. The molecule has 0 aromatic heterocycles. The number of rotatable bonds is 9. The molecule has 0 amide bonds. The maximum Gasteiger partial charge on any atom is 0.339 e. The summed E-state index contributed by atoms with van der Waals surface area (Å²) in [6.45, 7) is -0.0609. The summed E-state index contributed by atoms with van der Waals surface area (Å²) in [5.41, 5.74) is 0.746. The second-order valence-electron chi connectivity index (χ2n) is 6.17. The van der Waals surface area contributed by atoms with Crippen LogP contribution < -0.4 is 14.2 Å². The molecule has 162 valence electrons. The lowest BCUT2D eigenvalue weighted by Crippen LogP contribution is -2.14. The van der Waals surface area contributed by atoms with Gasteiger partial charge in [0.05, 0.1) is 4.92 Å². The molecule has 0 saturated carbocycles. The van der Waals surface area contributed by atoms with E-state index in [4.69, 9.17) is 4.18 Å². The lowest BCUT2D eigenvalue weighted by Gasteiger charge is -2.13. The highest BCUT2D eigenvalue weighted by Gasteiger charge is 2.23. The van der Waals surface area contributed by atoms with Gasteiger partial charge < -0.3 is 18.8 Å². The number of hydrogen-bond donors (Lipinski definition) is 2. The first-order valence-electron chi connectivity index (χ1n) is 8.71. The molecule has 0 aliphatic heterocycles. The van der Waals surface area contributed by atoms with Crippen molar-refractivity contribution in [1.29, 1.82) is 0 Å². The first-order chi connectivity index (χ1) is 14.7. The Hall–Kier alpha value is -3.48. The van der Waals surface area contributed by atoms with Gasteiger partial charge in [0.2, 0.25) is 0 Å². The normalized spacial score (nSPS) is 12.0. The van der Waals surface area contributed by atoms with E-state index < -0.39 is 26.3 Å². The van der Waals surface area contributed by atoms with Crippen LogP contribution >= 0.6 is 0 Å². The Labute approximate surface area is 180 Å². The molecule has 0 bridgehead atoms. The van der Waals surface area contributed by atoms with Crippen LogP contribution in [0.2, 0.25) is 0 Å². The van der Waals surface area contributed by atoms with E-state index in [1.165, 1.54) is 24.3 Å². The minimum atomic E-state index is -4.25. The molecule has 1 unspecified atom stereocenters. The van der Waals surface area contributed by atoms with Crippen molar-refractivity contribution in [2.45, 2.75) is 11.4 Å². The Balaban J connectivity index is 1.86. The zero-order chi connectivity index (χ0) is 22.4. The molecule has 3 aromatic carbocycles. The maximum absolute atomic E-state index is 12.8. The molecule has 2 N–H and O–H groups in total. The molecular formula is C19H16N3O7S2-. The molecule has 0 aliphatic carbocycles. The Morgan fingerprint density at radius 1 is 0.968 bits per heavy atom. The van der Waals surface area contributed by atoms with Crippen molar-refractivity contribution in [3.8, 4) is 5.75 Å². The SMILES string of the molecule is O=[N+]([O-])c1ccc(S(=O)(=O)Oc2ccccc2)c(CNc2ccc(NS(=O)[O-])cc2)c1. The van der Waals surface area contributed by atoms with Gasteiger partial charge in [-0.2, -0.15) is 8.42 Å². The van der Waals surface area contributed by atoms with E-state index in [0.29, 0.717) is 11.4 Å². The van der Waals surface area contributed by atoms with Crippen molar-refractivity contribution in [3.63, 3.8) is 0 Å². The zero-order valence-corrected chi connectivity index (χ0v) is 17.4. The number of nitrogens with zero attached hydrogens (tertiary/aromatic N) is 1. The largest absolute Gasteiger partial charge is 0.755 e. The standard InChI is InChI=1S/C19H17N3O7S2/c23-22(24)17-10-11-19(31(27,28)29-18-4-2-1-3-5-18)14(12-17)13-20-15-6-8-16(9-7-15)21-30(25)26/h1-12,20-21H,13H2,(H,25,26)/p-1. The predicted molar refractivity (Wildman–Crippen MR) is 114 cm³/mol. The number of para-hydroxylation sites is 1. The van der Waals surface area contributed by atoms with Crippen LogP contribution in [0.1, 0.15) is 5.56 Å². The summed E-state index contributed by atoms with van der Waals surface area (Å²) in [5.74, 6) is 0.110. The van der Waals surface area contributed by atoms with Crippen molar-refractivity contribution in [2.24, 2.45) is 0 Å². The molecule has 0 spiro atoms. The number of nitrogens with one attached hydrogen (secondary N) is 2. The zero-order valence-electron chi connectivity index (χ0n) is 15.8. The van der Waals surface area contributed by atoms with Crippen molar-refractivity contribution in [1.82, 2.24) is 0 Å². The van der Waals surface area contributed by atoms with Gasteiger partial charge in [0, 0.05) is 46.9 Å². The van der Waals surface area contributed by atoms with Gasteiger partial charge in [-0.3, -0.25) is 14.3 Å². The second-order valence-corrected chi connectivity index (χ2v) is 8.36. The third kappa shape index (κ3) is 6.01. The van der Waals surface area contributed by atoms with E-state index in [-0.39, 0.29) is 28.4 Å². The molecule has 3 rings (SSSR count). The van der Waals surface area contributed by atoms with Gasteiger partial charge >= 0.3 is 10.1 Å². The van der Waals surface area contributed by atoms with Crippen LogP contribution in [0.15, 0.2) is 77.7 Å². The smallest absolute Gasteiger partial charge is 0.339 e. The summed E-state index contributed by atoms with van der Waals surface area (Å²) in [5, 5.41) is 14.1. The lowest BCUT2D eigenvalue weighted by atomic mass is 10.2. The number of hydrogen-bond acceptors (Lipinski definition) is 8. The van der Waals surface area contributed by atoms with Gasteiger partial charge in [0.1, 0.15) is 10.6 Å². The minimum Gasteiger partial charge on any atom is -0.755 e. The van der Waals surface area contributed by atoms with Crippen LogP contribution in [0, 0.1) is 10.1 Å². The molecule has 0 fully saturated rings. The fourth-order valence-electron chi connectivity index (χ4n) is 2.66. The Morgan fingerprint density at radius 3 is 2.23 bits per heavy atom. The van der Waals surface area contributed by atoms with Crippen LogP contribution in [0.3, 0.4) is 0 Å². The van der Waals surface area contributed by atoms with E-state index in [1.807, 2.05) is 0 Å². The number of non-ortho nitro benzene ring substituents is 1. The number of nitro benzene ring substituents is 1. The molecule has 0 saturated heterocycles. The second kappa shape index (κ2) is 9.55. The molecule has 0 heterocycles. The van der Waals surface area contributed by atoms with E-state index >= 15 is 0 Å². The van der Waals surface area contributed by atoms with Crippen LogP contribution in [0.5, 0.6) is 5.75 Å². The first-order valence-corrected chi connectivity index (χ1v) is 11.2. The molecule has 1 atom stereocenters. The molecule has 31 heavy (non-hydrogen) atoms. The Morgan fingerprint density at radius 2 is 1.61 bits per heavy atom. The molecule has 0 aliphatic rings. The predicted octanol–water partition coefficient (Wildman–Crippen LogP) is 3.18. The van der Waals surface area contributed by atoms with E-state index in [0.717, 1.165) is 18.2 Å². The highest BCUT2D eigenvalue weighted by molar-refractivity contribution is 7.87. The molecule has 10 nitrogen and oxygen atoms in total. The minimum absolute atomic E-state index is 0.0609. The van der Waals surface area contributed by atoms with Crippen LogP contribution in [-0.2, 0) is 27.9 Å². The molecule has 12 heteroatoms. The van der Waals surface area contributed by atoms with Crippen LogP contribution in [-0.4, -0.2) is 22.1 Å². The lowest BCUT2D eigenvalue weighted by molar-refractivity contribution is -0.385. The third-order valence-corrected chi connectivity index (χ3v) is 5.79. The van der Waals surface area contributed by atoms with Gasteiger partial charge in [0.25, 0.3) is 5.69 Å². The number of nitro groups is 1. The molecule has 0 radical (unpaired) electrons. The van der Waals surface area contributed by atoms with E-state index in [9.17, 15) is 27.3 Å². The van der Waals surface area contributed by atoms with Gasteiger partial charge in [-0.15, -0.1) is 0 Å². The Kier molecular flexibility index (Phi) is 6.84. The monoisotopic (exact) mass is 462 g/mol. The third-order valence-electron chi connectivity index (χ3n) is 4.04. The maximum atomic E-state index is 12.8. The fourth-order valence-corrected chi connectivity index (χ4v) is 4.13. The number of anilines is 2.